The molecular weight excluding hydrogens is 366 g/mol. The number of hydrogen-bond acceptors (Lipinski definition) is 6. The predicted molar refractivity (Wildman–Crippen MR) is 92.0 cm³/mol. The van der Waals surface area contributed by atoms with Gasteiger partial charge in [-0.3, -0.25) is 20.3 Å². The number of fused-ring (bicyclic) bond motifs is 1. The van der Waals surface area contributed by atoms with E-state index in [1.165, 1.54) is 30.4 Å². The SMILES string of the molecule is Cc1ccc([N+](=O)[O-])cc1S(=O)(=O)NNC(=O)c1cc2c(s1)CCC2. The minimum absolute atomic E-state index is 0.254. The number of hydrogen-bond donors (Lipinski definition) is 2. The second-order valence-electron chi connectivity index (χ2n) is 5.68. The number of hydrazine groups is 1. The Bertz CT molecular complexity index is 944. The topological polar surface area (TPSA) is 118 Å². The summed E-state index contributed by atoms with van der Waals surface area (Å²) in [4.78, 5) is 25.6. The predicted octanol–water partition coefficient (Wildman–Crippen LogP) is 2.08. The number of carbonyl (C=O) groups excluding carboxylic acids is 1. The number of nitro groups is 1. The van der Waals surface area contributed by atoms with E-state index < -0.39 is 20.9 Å². The number of aryl methyl sites for hydroxylation is 3. The molecule has 0 bridgehead atoms. The molecule has 3 rings (SSSR count). The van der Waals surface area contributed by atoms with Crippen LogP contribution in [0, 0.1) is 17.0 Å². The summed E-state index contributed by atoms with van der Waals surface area (Å²) in [6, 6.07) is 5.30. The molecule has 0 atom stereocenters. The molecule has 10 heteroatoms. The number of nitrogens with zero attached hydrogens (tertiary/aromatic N) is 1. The molecule has 1 aliphatic rings. The summed E-state index contributed by atoms with van der Waals surface area (Å²) in [6.45, 7) is 1.52. The molecule has 0 spiro atoms. The molecule has 0 aliphatic heterocycles. The number of non-ortho nitro benzene ring substituents is 1. The smallest absolute Gasteiger partial charge is 0.273 e. The van der Waals surface area contributed by atoms with E-state index >= 15 is 0 Å². The number of amides is 1. The van der Waals surface area contributed by atoms with Gasteiger partial charge >= 0.3 is 0 Å². The fourth-order valence-corrected chi connectivity index (χ4v) is 4.92. The Balaban J connectivity index is 1.76. The van der Waals surface area contributed by atoms with E-state index in [1.54, 1.807) is 6.07 Å². The average Bonchev–Trinajstić information content (AvgIpc) is 3.14. The first kappa shape index (κ1) is 17.5. The van der Waals surface area contributed by atoms with Crippen LogP contribution < -0.4 is 10.3 Å². The Morgan fingerprint density at radius 3 is 2.72 bits per heavy atom. The monoisotopic (exact) mass is 381 g/mol. The third-order valence-corrected chi connectivity index (χ3v) is 6.57. The van der Waals surface area contributed by atoms with Crippen molar-refractivity contribution < 1.29 is 18.1 Å². The first-order valence-electron chi connectivity index (χ1n) is 7.47. The van der Waals surface area contributed by atoms with Crippen molar-refractivity contribution in [1.29, 1.82) is 0 Å². The summed E-state index contributed by atoms with van der Waals surface area (Å²) < 4.78 is 24.7. The van der Waals surface area contributed by atoms with Crippen molar-refractivity contribution in [3.63, 3.8) is 0 Å². The van der Waals surface area contributed by atoms with E-state index in [0.29, 0.717) is 10.4 Å². The Hall–Kier alpha value is -2.30. The Labute approximate surface area is 148 Å². The van der Waals surface area contributed by atoms with Gasteiger partial charge < -0.3 is 0 Å². The second-order valence-corrected chi connectivity index (χ2v) is 8.47. The molecular formula is C15H15N3O5S2. The van der Waals surface area contributed by atoms with Crippen LogP contribution in [-0.4, -0.2) is 19.2 Å². The molecule has 25 heavy (non-hydrogen) atoms. The van der Waals surface area contributed by atoms with Crippen molar-refractivity contribution in [2.75, 3.05) is 0 Å². The van der Waals surface area contributed by atoms with E-state index in [9.17, 15) is 23.3 Å². The van der Waals surface area contributed by atoms with Crippen molar-refractivity contribution in [2.24, 2.45) is 0 Å². The van der Waals surface area contributed by atoms with Crippen molar-refractivity contribution in [3.8, 4) is 0 Å². The van der Waals surface area contributed by atoms with Crippen LogP contribution >= 0.6 is 11.3 Å². The molecule has 1 aromatic carbocycles. The van der Waals surface area contributed by atoms with Gasteiger partial charge in [-0.1, -0.05) is 6.07 Å². The molecule has 0 unspecified atom stereocenters. The Kier molecular flexibility index (Phi) is 4.58. The van der Waals surface area contributed by atoms with Crippen LogP contribution in [-0.2, 0) is 22.9 Å². The van der Waals surface area contributed by atoms with E-state index in [-0.39, 0.29) is 10.6 Å². The molecule has 132 valence electrons. The molecule has 0 saturated carbocycles. The van der Waals surface area contributed by atoms with Gasteiger partial charge in [-0.05, 0) is 43.4 Å². The number of nitrogens with one attached hydrogen (secondary N) is 2. The average molecular weight is 381 g/mol. The maximum absolute atomic E-state index is 12.4. The number of carbonyl (C=O) groups is 1. The largest absolute Gasteiger partial charge is 0.276 e. The van der Waals surface area contributed by atoms with Gasteiger partial charge in [-0.25, -0.2) is 8.42 Å². The van der Waals surface area contributed by atoms with Crippen LogP contribution in [0.5, 0.6) is 0 Å². The highest BCUT2D eigenvalue weighted by Gasteiger charge is 2.23. The van der Waals surface area contributed by atoms with Gasteiger partial charge in [0.1, 0.15) is 0 Å². The maximum Gasteiger partial charge on any atom is 0.276 e. The van der Waals surface area contributed by atoms with Crippen LogP contribution in [0.4, 0.5) is 5.69 Å². The fraction of sp³-hybridized carbons (Fsp3) is 0.267. The zero-order valence-electron chi connectivity index (χ0n) is 13.2. The first-order valence-corrected chi connectivity index (χ1v) is 9.76. The molecule has 0 fully saturated rings. The third kappa shape index (κ3) is 3.55. The summed E-state index contributed by atoms with van der Waals surface area (Å²) in [5.74, 6) is -0.550. The van der Waals surface area contributed by atoms with Gasteiger partial charge in [0.2, 0.25) is 0 Å². The third-order valence-electron chi connectivity index (χ3n) is 3.94. The summed E-state index contributed by atoms with van der Waals surface area (Å²) >= 11 is 1.35. The number of sulfonamides is 1. The van der Waals surface area contributed by atoms with Crippen LogP contribution in [0.2, 0.25) is 0 Å². The molecule has 1 aromatic heterocycles. The minimum Gasteiger partial charge on any atom is -0.273 e. The van der Waals surface area contributed by atoms with Gasteiger partial charge in [0, 0.05) is 17.0 Å². The molecule has 2 N–H and O–H groups in total. The lowest BCUT2D eigenvalue weighted by Gasteiger charge is -2.09. The molecule has 1 amide bonds. The highest BCUT2D eigenvalue weighted by molar-refractivity contribution is 7.89. The quantitative estimate of drug-likeness (QED) is 0.607. The van der Waals surface area contributed by atoms with Gasteiger partial charge in [0.05, 0.1) is 14.7 Å². The van der Waals surface area contributed by atoms with Crippen molar-refractivity contribution in [2.45, 2.75) is 31.1 Å². The van der Waals surface area contributed by atoms with E-state index in [4.69, 9.17) is 0 Å². The van der Waals surface area contributed by atoms with Crippen LogP contribution in [0.3, 0.4) is 0 Å². The van der Waals surface area contributed by atoms with Crippen molar-refractivity contribution in [1.82, 2.24) is 10.3 Å². The van der Waals surface area contributed by atoms with E-state index in [0.717, 1.165) is 35.8 Å². The molecule has 2 aromatic rings. The van der Waals surface area contributed by atoms with Crippen molar-refractivity contribution >= 4 is 33.0 Å². The van der Waals surface area contributed by atoms with Crippen LogP contribution in [0.15, 0.2) is 29.2 Å². The number of thiophene rings is 1. The molecule has 0 radical (unpaired) electrons. The summed E-state index contributed by atoms with van der Waals surface area (Å²) in [6.07, 6.45) is 2.94. The summed E-state index contributed by atoms with van der Waals surface area (Å²) in [5.41, 5.74) is 3.29. The zero-order valence-corrected chi connectivity index (χ0v) is 14.9. The Morgan fingerprint density at radius 1 is 1.28 bits per heavy atom. The molecule has 8 nitrogen and oxygen atoms in total. The molecule has 1 heterocycles. The second kappa shape index (κ2) is 6.54. The van der Waals surface area contributed by atoms with Gasteiger partial charge in [-0.2, -0.15) is 0 Å². The van der Waals surface area contributed by atoms with Crippen LogP contribution in [0.1, 0.15) is 32.1 Å². The van der Waals surface area contributed by atoms with E-state index in [2.05, 4.69) is 5.43 Å². The highest BCUT2D eigenvalue weighted by Crippen LogP contribution is 2.30. The summed E-state index contributed by atoms with van der Waals surface area (Å²) in [5, 5.41) is 10.8. The minimum atomic E-state index is -4.13. The lowest BCUT2D eigenvalue weighted by molar-refractivity contribution is -0.385. The van der Waals surface area contributed by atoms with Gasteiger partial charge in [-0.15, -0.1) is 16.2 Å². The lowest BCUT2D eigenvalue weighted by Crippen LogP contribution is -2.41. The standard InChI is InChI=1S/C15H15N3O5S2/c1-9-5-6-11(18(20)21)8-14(9)25(22,23)17-16-15(19)13-7-10-3-2-4-12(10)24-13/h5-8,17H,2-4H2,1H3,(H,16,19). The fourth-order valence-electron chi connectivity index (χ4n) is 2.66. The number of rotatable bonds is 5. The van der Waals surface area contributed by atoms with Crippen molar-refractivity contribution in [3.05, 3.63) is 55.3 Å². The first-order chi connectivity index (χ1) is 11.8. The molecule has 1 aliphatic carbocycles. The number of benzene rings is 1. The molecule has 0 saturated heterocycles. The van der Waals surface area contributed by atoms with E-state index in [1.807, 2.05) is 4.83 Å². The zero-order chi connectivity index (χ0) is 18.2. The highest BCUT2D eigenvalue weighted by atomic mass is 32.2. The van der Waals surface area contributed by atoms with Gasteiger partial charge in [0.15, 0.2) is 0 Å². The Morgan fingerprint density at radius 2 is 2.04 bits per heavy atom. The summed E-state index contributed by atoms with van der Waals surface area (Å²) in [7, 11) is -4.13. The van der Waals surface area contributed by atoms with Gasteiger partial charge in [0.25, 0.3) is 21.6 Å². The van der Waals surface area contributed by atoms with Crippen LogP contribution in [0.25, 0.3) is 0 Å². The lowest BCUT2D eigenvalue weighted by atomic mass is 10.2. The maximum atomic E-state index is 12.4. The normalized spacial score (nSPS) is 13.5. The number of nitro benzene ring substituents is 1.